The van der Waals surface area contributed by atoms with E-state index in [2.05, 4.69) is 10.0 Å². The lowest BCUT2D eigenvalue weighted by Crippen LogP contribution is -2.59. The van der Waals surface area contributed by atoms with E-state index in [0.29, 0.717) is 18.5 Å². The van der Waals surface area contributed by atoms with Crippen molar-refractivity contribution < 1.29 is 13.2 Å². The average Bonchev–Trinajstić information content (AvgIpc) is 3.20. The molecule has 0 unspecified atom stereocenters. The number of carbonyl (C=O) groups is 1. The zero-order valence-electron chi connectivity index (χ0n) is 17.0. The SMILES string of the molecule is O=C(NC12CC3CC(CC(C3)C1)C2)c1ccc(S(=O)(=O)NCCc2cccs2)cc1. The minimum atomic E-state index is -3.58. The summed E-state index contributed by atoms with van der Waals surface area (Å²) in [6, 6.07) is 10.3. The zero-order chi connectivity index (χ0) is 20.8. The summed E-state index contributed by atoms with van der Waals surface area (Å²) in [5.74, 6) is 2.23. The molecule has 0 spiro atoms. The molecule has 2 aromatic rings. The molecule has 4 saturated carbocycles. The summed E-state index contributed by atoms with van der Waals surface area (Å²) in [4.78, 5) is 14.3. The number of hydrogen-bond acceptors (Lipinski definition) is 4. The van der Waals surface area contributed by atoms with Crippen LogP contribution in [-0.2, 0) is 16.4 Å². The molecule has 2 N–H and O–H groups in total. The fourth-order valence-corrected chi connectivity index (χ4v) is 7.95. The second-order valence-corrected chi connectivity index (χ2v) is 12.2. The van der Waals surface area contributed by atoms with Crippen LogP contribution in [0.2, 0.25) is 0 Å². The number of benzene rings is 1. The van der Waals surface area contributed by atoms with Crippen molar-refractivity contribution in [3.8, 4) is 0 Å². The summed E-state index contributed by atoms with van der Waals surface area (Å²) in [5.41, 5.74) is 0.489. The van der Waals surface area contributed by atoms with Gasteiger partial charge < -0.3 is 5.32 Å². The Kier molecular flexibility index (Phi) is 5.24. The molecule has 0 radical (unpaired) electrons. The molecule has 0 aliphatic heterocycles. The lowest BCUT2D eigenvalue weighted by Gasteiger charge is -2.56. The van der Waals surface area contributed by atoms with E-state index < -0.39 is 10.0 Å². The van der Waals surface area contributed by atoms with Crippen molar-refractivity contribution in [1.29, 1.82) is 0 Å². The third kappa shape index (κ3) is 4.07. The molecular formula is C23H28N2O3S2. The van der Waals surface area contributed by atoms with Crippen molar-refractivity contribution in [1.82, 2.24) is 10.0 Å². The number of carbonyl (C=O) groups excluding carboxylic acids is 1. The summed E-state index contributed by atoms with van der Waals surface area (Å²) in [5, 5.41) is 5.33. The van der Waals surface area contributed by atoms with Gasteiger partial charge in [-0.2, -0.15) is 0 Å². The van der Waals surface area contributed by atoms with Crippen molar-refractivity contribution >= 4 is 27.3 Å². The summed E-state index contributed by atoms with van der Waals surface area (Å²) in [7, 11) is -3.58. The maximum absolute atomic E-state index is 12.9. The molecule has 4 aliphatic carbocycles. The predicted molar refractivity (Wildman–Crippen MR) is 118 cm³/mol. The first-order valence-electron chi connectivity index (χ1n) is 10.9. The van der Waals surface area contributed by atoms with E-state index >= 15 is 0 Å². The van der Waals surface area contributed by atoms with Crippen molar-refractivity contribution in [2.24, 2.45) is 17.8 Å². The van der Waals surface area contributed by atoms with Crippen LogP contribution in [0.3, 0.4) is 0 Å². The van der Waals surface area contributed by atoms with Crippen LogP contribution in [0.25, 0.3) is 0 Å². The Bertz CT molecular complexity index is 978. The maximum Gasteiger partial charge on any atom is 0.251 e. The van der Waals surface area contributed by atoms with Crippen LogP contribution < -0.4 is 10.0 Å². The first kappa shape index (κ1) is 20.2. The summed E-state index contributed by atoms with van der Waals surface area (Å²) in [6.07, 6.45) is 7.98. The van der Waals surface area contributed by atoms with Crippen LogP contribution in [-0.4, -0.2) is 26.4 Å². The van der Waals surface area contributed by atoms with Gasteiger partial charge in [-0.3, -0.25) is 4.79 Å². The number of hydrogen-bond donors (Lipinski definition) is 2. The van der Waals surface area contributed by atoms with E-state index in [4.69, 9.17) is 0 Å². The van der Waals surface area contributed by atoms with Gasteiger partial charge in [-0.15, -0.1) is 11.3 Å². The summed E-state index contributed by atoms with van der Waals surface area (Å²) >= 11 is 1.62. The molecule has 1 heterocycles. The summed E-state index contributed by atoms with van der Waals surface area (Å²) < 4.78 is 27.7. The second-order valence-electron chi connectivity index (χ2n) is 9.40. The highest BCUT2D eigenvalue weighted by molar-refractivity contribution is 7.89. The average molecular weight is 445 g/mol. The molecule has 6 rings (SSSR count). The minimum absolute atomic E-state index is 0.0417. The fraction of sp³-hybridized carbons (Fsp3) is 0.522. The van der Waals surface area contributed by atoms with Crippen LogP contribution >= 0.6 is 11.3 Å². The van der Waals surface area contributed by atoms with Gasteiger partial charge in [-0.1, -0.05) is 6.07 Å². The van der Waals surface area contributed by atoms with Crippen LogP contribution in [0, 0.1) is 17.8 Å². The Labute approximate surface area is 182 Å². The van der Waals surface area contributed by atoms with Crippen molar-refractivity contribution in [2.45, 2.75) is 55.4 Å². The standard InChI is InChI=1S/C23H28N2O3S2/c26-22(25-23-13-16-10-17(14-23)12-18(11-16)15-23)19-3-5-21(6-4-19)30(27,28)24-8-7-20-2-1-9-29-20/h1-6,9,16-18,24H,7-8,10-15H2,(H,25,26). The lowest BCUT2D eigenvalue weighted by atomic mass is 9.53. The van der Waals surface area contributed by atoms with Gasteiger partial charge in [-0.25, -0.2) is 13.1 Å². The van der Waals surface area contributed by atoms with Gasteiger partial charge in [0, 0.05) is 22.5 Å². The van der Waals surface area contributed by atoms with Gasteiger partial charge >= 0.3 is 0 Å². The van der Waals surface area contributed by atoms with Crippen molar-refractivity contribution in [2.75, 3.05) is 6.54 Å². The highest BCUT2D eigenvalue weighted by Crippen LogP contribution is 2.55. The predicted octanol–water partition coefficient (Wildman–Crippen LogP) is 3.97. The van der Waals surface area contributed by atoms with Gasteiger partial charge in [0.2, 0.25) is 10.0 Å². The van der Waals surface area contributed by atoms with Crippen molar-refractivity contribution in [3.63, 3.8) is 0 Å². The molecule has 0 saturated heterocycles. The van der Waals surface area contributed by atoms with E-state index in [1.165, 1.54) is 31.4 Å². The Morgan fingerprint density at radius 3 is 2.20 bits per heavy atom. The third-order valence-electron chi connectivity index (χ3n) is 7.09. The number of rotatable bonds is 7. The Hall–Kier alpha value is -1.70. The van der Waals surface area contributed by atoms with Gasteiger partial charge in [0.15, 0.2) is 0 Å². The molecule has 1 aromatic heterocycles. The van der Waals surface area contributed by atoms with E-state index in [9.17, 15) is 13.2 Å². The smallest absolute Gasteiger partial charge is 0.251 e. The molecule has 30 heavy (non-hydrogen) atoms. The monoisotopic (exact) mass is 444 g/mol. The molecule has 7 heteroatoms. The fourth-order valence-electron chi connectivity index (χ4n) is 6.21. The topological polar surface area (TPSA) is 75.3 Å². The van der Waals surface area contributed by atoms with Gasteiger partial charge in [-0.05, 0) is 98.4 Å². The molecule has 1 amide bonds. The Morgan fingerprint density at radius 1 is 1.00 bits per heavy atom. The molecule has 1 aromatic carbocycles. The van der Waals surface area contributed by atoms with Crippen LogP contribution in [0.4, 0.5) is 0 Å². The van der Waals surface area contributed by atoms with Crippen LogP contribution in [0.5, 0.6) is 0 Å². The first-order chi connectivity index (χ1) is 14.4. The normalized spacial score (nSPS) is 29.8. The minimum Gasteiger partial charge on any atom is -0.347 e. The highest BCUT2D eigenvalue weighted by Gasteiger charge is 2.51. The van der Waals surface area contributed by atoms with Crippen LogP contribution in [0.15, 0.2) is 46.7 Å². The lowest BCUT2D eigenvalue weighted by molar-refractivity contribution is -0.0167. The van der Waals surface area contributed by atoms with Gasteiger partial charge in [0.1, 0.15) is 0 Å². The molecule has 5 nitrogen and oxygen atoms in total. The quantitative estimate of drug-likeness (QED) is 0.679. The largest absolute Gasteiger partial charge is 0.347 e. The zero-order valence-corrected chi connectivity index (χ0v) is 18.6. The molecule has 4 aliphatic rings. The van der Waals surface area contributed by atoms with E-state index in [-0.39, 0.29) is 16.3 Å². The molecule has 160 valence electrons. The number of amides is 1. The molecular weight excluding hydrogens is 416 g/mol. The second kappa shape index (κ2) is 7.77. The molecule has 0 atom stereocenters. The van der Waals surface area contributed by atoms with Crippen LogP contribution in [0.1, 0.15) is 53.8 Å². The Balaban J connectivity index is 1.22. The van der Waals surface area contributed by atoms with E-state index in [0.717, 1.165) is 41.9 Å². The number of nitrogens with one attached hydrogen (secondary N) is 2. The highest BCUT2D eigenvalue weighted by atomic mass is 32.2. The maximum atomic E-state index is 12.9. The number of sulfonamides is 1. The Morgan fingerprint density at radius 2 is 1.63 bits per heavy atom. The number of thiophene rings is 1. The molecule has 4 bridgehead atoms. The summed E-state index contributed by atoms with van der Waals surface area (Å²) in [6.45, 7) is 0.358. The first-order valence-corrected chi connectivity index (χ1v) is 13.2. The third-order valence-corrected chi connectivity index (χ3v) is 9.50. The van der Waals surface area contributed by atoms with Gasteiger partial charge in [0.25, 0.3) is 5.91 Å². The van der Waals surface area contributed by atoms with E-state index in [1.54, 1.807) is 23.5 Å². The van der Waals surface area contributed by atoms with Crippen molar-refractivity contribution in [3.05, 3.63) is 52.2 Å². The van der Waals surface area contributed by atoms with Gasteiger partial charge in [0.05, 0.1) is 4.90 Å². The molecule has 4 fully saturated rings. The van der Waals surface area contributed by atoms with E-state index in [1.807, 2.05) is 17.5 Å².